The summed E-state index contributed by atoms with van der Waals surface area (Å²) >= 11 is 0. The van der Waals surface area contributed by atoms with E-state index in [0.29, 0.717) is 5.69 Å². The number of carbonyl (C=O) groups excluding carboxylic acids is 1. The van der Waals surface area contributed by atoms with Gasteiger partial charge in [-0.25, -0.2) is 4.39 Å². The number of hydrogen-bond donors (Lipinski definition) is 2. The molecule has 2 N–H and O–H groups in total. The maximum absolute atomic E-state index is 12.8. The number of rotatable bonds is 3. The van der Waals surface area contributed by atoms with Gasteiger partial charge in [0.1, 0.15) is 5.82 Å². The second-order valence-corrected chi connectivity index (χ2v) is 5.64. The summed E-state index contributed by atoms with van der Waals surface area (Å²) in [4.78, 5) is 13.6. The Morgan fingerprint density at radius 3 is 2.25 bits per heavy atom. The number of likely N-dealkylation sites (tertiary alicyclic amines) is 1. The van der Waals surface area contributed by atoms with Crippen molar-refractivity contribution in [3.63, 3.8) is 0 Å². The SMILES string of the molecule is C[C@H](C(=O)Nc1ccc(F)cc1)[NH+]1CCCCCCC1. The zero-order valence-corrected chi connectivity index (χ0v) is 12.1. The maximum atomic E-state index is 12.8. The molecule has 110 valence electrons. The molecule has 4 heteroatoms. The highest BCUT2D eigenvalue weighted by Gasteiger charge is 2.25. The first-order chi connectivity index (χ1) is 9.66. The van der Waals surface area contributed by atoms with Gasteiger partial charge >= 0.3 is 0 Å². The van der Waals surface area contributed by atoms with Crippen molar-refractivity contribution in [2.24, 2.45) is 0 Å². The number of nitrogens with one attached hydrogen (secondary N) is 2. The Balaban J connectivity index is 1.91. The van der Waals surface area contributed by atoms with E-state index in [-0.39, 0.29) is 17.8 Å². The van der Waals surface area contributed by atoms with Crippen molar-refractivity contribution in [1.82, 2.24) is 0 Å². The third-order valence-electron chi connectivity index (χ3n) is 4.11. The van der Waals surface area contributed by atoms with Crippen LogP contribution in [0.5, 0.6) is 0 Å². The van der Waals surface area contributed by atoms with Crippen LogP contribution in [0.2, 0.25) is 0 Å². The smallest absolute Gasteiger partial charge is 0.282 e. The topological polar surface area (TPSA) is 33.5 Å². The van der Waals surface area contributed by atoms with E-state index >= 15 is 0 Å². The van der Waals surface area contributed by atoms with Crippen LogP contribution in [0, 0.1) is 5.82 Å². The Hall–Kier alpha value is -1.42. The first-order valence-electron chi connectivity index (χ1n) is 7.58. The fourth-order valence-electron chi connectivity index (χ4n) is 2.76. The van der Waals surface area contributed by atoms with Crippen molar-refractivity contribution < 1.29 is 14.1 Å². The highest BCUT2D eigenvalue weighted by Crippen LogP contribution is 2.08. The van der Waals surface area contributed by atoms with E-state index in [1.54, 1.807) is 12.1 Å². The van der Waals surface area contributed by atoms with Crippen LogP contribution >= 0.6 is 0 Å². The van der Waals surface area contributed by atoms with Crippen molar-refractivity contribution in [1.29, 1.82) is 0 Å². The van der Waals surface area contributed by atoms with E-state index in [1.807, 2.05) is 6.92 Å². The van der Waals surface area contributed by atoms with Gasteiger partial charge < -0.3 is 10.2 Å². The normalized spacial score (nSPS) is 18.9. The van der Waals surface area contributed by atoms with Crippen molar-refractivity contribution in [2.45, 2.75) is 45.1 Å². The largest absolute Gasteiger partial charge is 0.325 e. The lowest BCUT2D eigenvalue weighted by atomic mass is 10.1. The van der Waals surface area contributed by atoms with Gasteiger partial charge in [0.05, 0.1) is 13.1 Å². The number of benzene rings is 1. The standard InChI is InChI=1S/C16H23FN2O/c1-13(19-11-5-3-2-4-6-12-19)16(20)18-15-9-7-14(17)8-10-15/h7-10,13H,2-6,11-12H2,1H3,(H,18,20)/p+1/t13-/m1/s1. The molecule has 1 atom stereocenters. The van der Waals surface area contributed by atoms with Gasteiger partial charge in [-0.3, -0.25) is 4.79 Å². The fourth-order valence-corrected chi connectivity index (χ4v) is 2.76. The van der Waals surface area contributed by atoms with Gasteiger partial charge in [0.2, 0.25) is 0 Å². The highest BCUT2D eigenvalue weighted by molar-refractivity contribution is 5.93. The second kappa shape index (κ2) is 7.39. The zero-order valence-electron chi connectivity index (χ0n) is 12.1. The number of quaternary nitrogens is 1. The Morgan fingerprint density at radius 2 is 1.65 bits per heavy atom. The summed E-state index contributed by atoms with van der Waals surface area (Å²) in [6.45, 7) is 4.12. The molecule has 1 fully saturated rings. The minimum Gasteiger partial charge on any atom is -0.325 e. The Bertz CT molecular complexity index is 425. The molecule has 0 spiro atoms. The summed E-state index contributed by atoms with van der Waals surface area (Å²) in [6, 6.07) is 5.87. The van der Waals surface area contributed by atoms with Gasteiger partial charge in [-0.1, -0.05) is 6.42 Å². The molecule has 1 amide bonds. The first-order valence-corrected chi connectivity index (χ1v) is 7.58. The lowest BCUT2D eigenvalue weighted by Gasteiger charge is -2.26. The second-order valence-electron chi connectivity index (χ2n) is 5.64. The number of amides is 1. The van der Waals surface area contributed by atoms with Crippen molar-refractivity contribution in [2.75, 3.05) is 18.4 Å². The summed E-state index contributed by atoms with van der Waals surface area (Å²) in [7, 11) is 0. The molecule has 0 saturated carbocycles. The predicted molar refractivity (Wildman–Crippen MR) is 78.3 cm³/mol. The van der Waals surface area contributed by atoms with Crippen LogP contribution in [0.25, 0.3) is 0 Å². The minimum absolute atomic E-state index is 0.0205. The minimum atomic E-state index is -0.287. The van der Waals surface area contributed by atoms with Gasteiger partial charge in [0, 0.05) is 5.69 Å². The third-order valence-corrected chi connectivity index (χ3v) is 4.11. The third kappa shape index (κ3) is 4.30. The Morgan fingerprint density at radius 1 is 1.10 bits per heavy atom. The molecule has 1 saturated heterocycles. The van der Waals surface area contributed by atoms with Gasteiger partial charge in [-0.05, 0) is 56.9 Å². The van der Waals surface area contributed by atoms with Crippen LogP contribution in [0.4, 0.5) is 10.1 Å². The number of hydrogen-bond acceptors (Lipinski definition) is 1. The molecule has 0 aromatic heterocycles. The van der Waals surface area contributed by atoms with Crippen LogP contribution < -0.4 is 10.2 Å². The molecule has 1 aromatic carbocycles. The maximum Gasteiger partial charge on any atom is 0.282 e. The summed E-state index contributed by atoms with van der Waals surface area (Å²) < 4.78 is 12.8. The molecule has 1 aliphatic heterocycles. The van der Waals surface area contributed by atoms with Gasteiger partial charge in [0.15, 0.2) is 6.04 Å². The molecule has 3 nitrogen and oxygen atoms in total. The zero-order chi connectivity index (χ0) is 14.4. The molecule has 0 unspecified atom stereocenters. The number of halogens is 1. The number of anilines is 1. The molecule has 1 aromatic rings. The molecule has 2 rings (SSSR count). The van der Waals surface area contributed by atoms with E-state index in [2.05, 4.69) is 5.32 Å². The quantitative estimate of drug-likeness (QED) is 0.872. The van der Waals surface area contributed by atoms with Crippen LogP contribution in [-0.4, -0.2) is 25.0 Å². The average molecular weight is 279 g/mol. The van der Waals surface area contributed by atoms with Crippen molar-refractivity contribution in [3.8, 4) is 0 Å². The number of carbonyl (C=O) groups is 1. The van der Waals surface area contributed by atoms with Gasteiger partial charge in [-0.2, -0.15) is 0 Å². The highest BCUT2D eigenvalue weighted by atomic mass is 19.1. The molecule has 0 aliphatic carbocycles. The molecule has 0 bridgehead atoms. The summed E-state index contributed by atoms with van der Waals surface area (Å²) in [5.41, 5.74) is 0.662. The van der Waals surface area contributed by atoms with E-state index in [4.69, 9.17) is 0 Å². The van der Waals surface area contributed by atoms with E-state index in [0.717, 1.165) is 13.1 Å². The van der Waals surface area contributed by atoms with Crippen LogP contribution in [0.15, 0.2) is 24.3 Å². The average Bonchev–Trinajstić information content (AvgIpc) is 2.40. The van der Waals surface area contributed by atoms with Crippen LogP contribution in [0.3, 0.4) is 0 Å². The summed E-state index contributed by atoms with van der Waals surface area (Å²) in [6.07, 6.45) is 6.27. The molecular formula is C16H24FN2O+. The molecule has 0 radical (unpaired) electrons. The van der Waals surface area contributed by atoms with E-state index in [9.17, 15) is 9.18 Å². The van der Waals surface area contributed by atoms with Crippen molar-refractivity contribution >= 4 is 11.6 Å². The lowest BCUT2D eigenvalue weighted by molar-refractivity contribution is -0.914. The fraction of sp³-hybridized carbons (Fsp3) is 0.562. The molecule has 1 heterocycles. The first kappa shape index (κ1) is 15.0. The van der Waals surface area contributed by atoms with E-state index < -0.39 is 0 Å². The van der Waals surface area contributed by atoms with Gasteiger partial charge in [-0.15, -0.1) is 0 Å². The Labute approximate surface area is 120 Å². The van der Waals surface area contributed by atoms with Crippen molar-refractivity contribution in [3.05, 3.63) is 30.1 Å². The molecule has 20 heavy (non-hydrogen) atoms. The van der Waals surface area contributed by atoms with Crippen LogP contribution in [-0.2, 0) is 4.79 Å². The molecule has 1 aliphatic rings. The summed E-state index contributed by atoms with van der Waals surface area (Å²) in [5.74, 6) is -0.266. The monoisotopic (exact) mass is 279 g/mol. The Kier molecular flexibility index (Phi) is 5.53. The molecular weight excluding hydrogens is 255 g/mol. The summed E-state index contributed by atoms with van der Waals surface area (Å²) in [5, 5.41) is 2.88. The van der Waals surface area contributed by atoms with Crippen LogP contribution in [0.1, 0.15) is 39.0 Å². The predicted octanol–water partition coefficient (Wildman–Crippen LogP) is 2.00. The van der Waals surface area contributed by atoms with E-state index in [1.165, 1.54) is 49.1 Å². The van der Waals surface area contributed by atoms with Gasteiger partial charge in [0.25, 0.3) is 5.91 Å². The lowest BCUT2D eigenvalue weighted by Crippen LogP contribution is -3.16.